The van der Waals surface area contributed by atoms with Crippen LogP contribution in [-0.2, 0) is 10.0 Å². The van der Waals surface area contributed by atoms with Crippen LogP contribution in [0.4, 0.5) is 0 Å². The van der Waals surface area contributed by atoms with Crippen LogP contribution in [0.25, 0.3) is 0 Å². The molecular weight excluding hydrogens is 238 g/mol. The van der Waals surface area contributed by atoms with E-state index >= 15 is 0 Å². The number of carbonyl (C=O) groups is 1. The zero-order chi connectivity index (χ0) is 11.2. The number of rotatable bonds is 1. The third-order valence-electron chi connectivity index (χ3n) is 2.26. The Kier molecular flexibility index (Phi) is 2.24. The summed E-state index contributed by atoms with van der Waals surface area (Å²) in [5.74, 6) is -0.482. The Morgan fingerprint density at radius 1 is 1.40 bits per heavy atom. The second kappa shape index (κ2) is 3.21. The lowest BCUT2D eigenvalue weighted by Gasteiger charge is -2.10. The lowest BCUT2D eigenvalue weighted by atomic mass is 10.2. The van der Waals surface area contributed by atoms with Gasteiger partial charge in [-0.2, -0.15) is 0 Å². The zero-order valence-electron chi connectivity index (χ0n) is 7.90. The van der Waals surface area contributed by atoms with Crippen molar-refractivity contribution in [3.63, 3.8) is 0 Å². The van der Waals surface area contributed by atoms with Gasteiger partial charge >= 0.3 is 0 Å². The van der Waals surface area contributed by atoms with Crippen LogP contribution >= 0.6 is 11.6 Å². The summed E-state index contributed by atoms with van der Waals surface area (Å²) < 4.78 is 24.5. The average molecular weight is 246 g/mol. The fourth-order valence-corrected chi connectivity index (χ4v) is 3.40. The molecule has 1 aromatic rings. The molecule has 0 saturated heterocycles. The minimum Gasteiger partial charge on any atom is -0.268 e. The molecule has 0 fully saturated rings. The fourth-order valence-electron chi connectivity index (χ4n) is 1.56. The molecule has 0 radical (unpaired) electrons. The van der Waals surface area contributed by atoms with Gasteiger partial charge in [0.1, 0.15) is 4.90 Å². The SMILES string of the molecule is CCN1C(=O)c2ccc(Cl)cc2S1(=O)=O. The van der Waals surface area contributed by atoms with Gasteiger partial charge in [-0.1, -0.05) is 11.6 Å². The largest absolute Gasteiger partial charge is 0.268 e. The molecule has 4 nitrogen and oxygen atoms in total. The van der Waals surface area contributed by atoms with Crippen LogP contribution in [0.1, 0.15) is 17.3 Å². The molecule has 0 atom stereocenters. The van der Waals surface area contributed by atoms with Crippen molar-refractivity contribution in [2.75, 3.05) is 6.54 Å². The maximum absolute atomic E-state index is 11.8. The van der Waals surface area contributed by atoms with E-state index in [-0.39, 0.29) is 17.0 Å². The summed E-state index contributed by atoms with van der Waals surface area (Å²) in [5, 5.41) is 0.308. The molecule has 0 aromatic heterocycles. The molecule has 0 aliphatic carbocycles. The molecule has 15 heavy (non-hydrogen) atoms. The number of sulfonamides is 1. The molecule has 1 aliphatic rings. The highest BCUT2D eigenvalue weighted by molar-refractivity contribution is 7.90. The minimum absolute atomic E-state index is 0.00171. The van der Waals surface area contributed by atoms with Crippen LogP contribution in [0.2, 0.25) is 5.02 Å². The van der Waals surface area contributed by atoms with Gasteiger partial charge in [-0.3, -0.25) is 4.79 Å². The lowest BCUT2D eigenvalue weighted by molar-refractivity contribution is 0.0876. The van der Waals surface area contributed by atoms with Crippen molar-refractivity contribution in [2.45, 2.75) is 11.8 Å². The highest BCUT2D eigenvalue weighted by Gasteiger charge is 2.39. The van der Waals surface area contributed by atoms with Crippen molar-refractivity contribution in [3.8, 4) is 0 Å². The standard InChI is InChI=1S/C9H8ClNO3S/c1-2-11-9(12)7-4-3-6(10)5-8(7)15(11,13)14/h3-5H,2H2,1H3. The van der Waals surface area contributed by atoms with E-state index < -0.39 is 15.9 Å². The molecule has 0 spiro atoms. The molecular formula is C9H8ClNO3S. The Labute approximate surface area is 92.5 Å². The number of hydrogen-bond acceptors (Lipinski definition) is 3. The Balaban J connectivity index is 2.75. The van der Waals surface area contributed by atoms with Crippen LogP contribution in [0, 0.1) is 0 Å². The fraction of sp³-hybridized carbons (Fsp3) is 0.222. The van der Waals surface area contributed by atoms with Crippen LogP contribution < -0.4 is 0 Å². The first kappa shape index (κ1) is 10.4. The highest BCUT2D eigenvalue weighted by Crippen LogP contribution is 2.31. The molecule has 1 aromatic carbocycles. The summed E-state index contributed by atoms with van der Waals surface area (Å²) in [6.07, 6.45) is 0. The van der Waals surface area contributed by atoms with Crippen molar-refractivity contribution in [1.82, 2.24) is 4.31 Å². The van der Waals surface area contributed by atoms with Crippen LogP contribution in [0.3, 0.4) is 0 Å². The smallest absolute Gasteiger partial charge is 0.268 e. The maximum atomic E-state index is 11.8. The second-order valence-corrected chi connectivity index (χ2v) is 5.38. The molecule has 1 aliphatic heterocycles. The van der Waals surface area contributed by atoms with E-state index in [2.05, 4.69) is 0 Å². The molecule has 0 unspecified atom stereocenters. The summed E-state index contributed by atoms with van der Waals surface area (Å²) in [6, 6.07) is 4.25. The monoisotopic (exact) mass is 245 g/mol. The Bertz CT molecular complexity index is 538. The summed E-state index contributed by atoms with van der Waals surface area (Å²) in [6.45, 7) is 1.75. The Hall–Kier alpha value is -1.07. The molecule has 0 saturated carbocycles. The molecule has 2 rings (SSSR count). The van der Waals surface area contributed by atoms with Crippen molar-refractivity contribution in [3.05, 3.63) is 28.8 Å². The van der Waals surface area contributed by atoms with Crippen LogP contribution in [-0.4, -0.2) is 25.2 Å². The van der Waals surface area contributed by atoms with Crippen LogP contribution in [0.15, 0.2) is 23.1 Å². The predicted octanol–water partition coefficient (Wildman–Crippen LogP) is 1.50. The van der Waals surface area contributed by atoms with E-state index in [9.17, 15) is 13.2 Å². The molecule has 0 bridgehead atoms. The zero-order valence-corrected chi connectivity index (χ0v) is 9.47. The van der Waals surface area contributed by atoms with Gasteiger partial charge in [0, 0.05) is 11.6 Å². The number of benzene rings is 1. The van der Waals surface area contributed by atoms with Gasteiger partial charge < -0.3 is 0 Å². The van der Waals surface area contributed by atoms with E-state index in [0.717, 1.165) is 4.31 Å². The molecule has 80 valence electrons. The van der Waals surface area contributed by atoms with Crippen molar-refractivity contribution >= 4 is 27.5 Å². The van der Waals surface area contributed by atoms with Gasteiger partial charge in [-0.25, -0.2) is 12.7 Å². The molecule has 0 N–H and O–H groups in total. The van der Waals surface area contributed by atoms with Gasteiger partial charge in [-0.05, 0) is 25.1 Å². The van der Waals surface area contributed by atoms with Gasteiger partial charge in [0.05, 0.1) is 5.56 Å². The number of hydrogen-bond donors (Lipinski definition) is 0. The Morgan fingerprint density at radius 2 is 2.07 bits per heavy atom. The Morgan fingerprint density at radius 3 is 2.67 bits per heavy atom. The van der Waals surface area contributed by atoms with E-state index in [4.69, 9.17) is 11.6 Å². The third kappa shape index (κ3) is 1.34. The molecule has 1 heterocycles. The van der Waals surface area contributed by atoms with Crippen molar-refractivity contribution in [2.24, 2.45) is 0 Å². The highest BCUT2D eigenvalue weighted by atomic mass is 35.5. The second-order valence-electron chi connectivity index (χ2n) is 3.12. The summed E-state index contributed by atoms with van der Waals surface area (Å²) in [4.78, 5) is 11.7. The first-order valence-electron chi connectivity index (χ1n) is 4.35. The lowest BCUT2D eigenvalue weighted by Crippen LogP contribution is -2.29. The van der Waals surface area contributed by atoms with Gasteiger partial charge in [0.2, 0.25) is 0 Å². The number of carbonyl (C=O) groups excluding carboxylic acids is 1. The number of halogens is 1. The van der Waals surface area contributed by atoms with E-state index in [1.807, 2.05) is 0 Å². The first-order valence-corrected chi connectivity index (χ1v) is 6.17. The number of nitrogens with zero attached hydrogens (tertiary/aromatic N) is 1. The number of fused-ring (bicyclic) bond motifs is 1. The topological polar surface area (TPSA) is 54.5 Å². The van der Waals surface area contributed by atoms with E-state index in [0.29, 0.717) is 5.02 Å². The van der Waals surface area contributed by atoms with E-state index in [1.165, 1.54) is 18.2 Å². The first-order chi connectivity index (χ1) is 6.98. The molecule has 1 amide bonds. The van der Waals surface area contributed by atoms with Crippen molar-refractivity contribution < 1.29 is 13.2 Å². The summed E-state index contributed by atoms with van der Waals surface area (Å²) >= 11 is 5.70. The quantitative estimate of drug-likeness (QED) is 0.754. The van der Waals surface area contributed by atoms with Crippen LogP contribution in [0.5, 0.6) is 0 Å². The number of amides is 1. The third-order valence-corrected chi connectivity index (χ3v) is 4.39. The predicted molar refractivity (Wildman–Crippen MR) is 55.3 cm³/mol. The molecule has 6 heteroatoms. The van der Waals surface area contributed by atoms with Gasteiger partial charge in [0.25, 0.3) is 15.9 Å². The summed E-state index contributed by atoms with van der Waals surface area (Å²) in [7, 11) is -3.67. The normalized spacial score (nSPS) is 18.0. The van der Waals surface area contributed by atoms with Gasteiger partial charge in [0.15, 0.2) is 0 Å². The van der Waals surface area contributed by atoms with Gasteiger partial charge in [-0.15, -0.1) is 0 Å². The van der Waals surface area contributed by atoms with Crippen molar-refractivity contribution in [1.29, 1.82) is 0 Å². The average Bonchev–Trinajstić information content (AvgIpc) is 2.35. The maximum Gasteiger partial charge on any atom is 0.268 e. The van der Waals surface area contributed by atoms with E-state index in [1.54, 1.807) is 6.92 Å². The minimum atomic E-state index is -3.67. The summed E-state index contributed by atoms with van der Waals surface area (Å²) in [5.41, 5.74) is 0.196.